The van der Waals surface area contributed by atoms with E-state index in [4.69, 9.17) is 9.05 Å². The second-order valence-corrected chi connectivity index (χ2v) is 20.7. The van der Waals surface area contributed by atoms with E-state index in [0.717, 1.165) is 51.4 Å². The summed E-state index contributed by atoms with van der Waals surface area (Å²) in [6.07, 6.45) is 61.6. The molecule has 0 aromatic carbocycles. The van der Waals surface area contributed by atoms with Crippen molar-refractivity contribution in [1.29, 1.82) is 0 Å². The molecule has 0 heterocycles. The lowest BCUT2D eigenvalue weighted by atomic mass is 10.0. The van der Waals surface area contributed by atoms with Gasteiger partial charge in [0.25, 0.3) is 0 Å². The summed E-state index contributed by atoms with van der Waals surface area (Å²) in [5, 5.41) is 13.9. The Morgan fingerprint density at radius 1 is 0.531 bits per heavy atom. The highest BCUT2D eigenvalue weighted by Gasteiger charge is 2.27. The number of amides is 1. The summed E-state index contributed by atoms with van der Waals surface area (Å²) >= 11 is 0. The zero-order valence-corrected chi connectivity index (χ0v) is 43.4. The number of hydrogen-bond acceptors (Lipinski definition) is 5. The number of likely N-dealkylation sites (N-methyl/N-ethyl adjacent to an activating group) is 1. The first-order valence-electron chi connectivity index (χ1n) is 26.7. The van der Waals surface area contributed by atoms with Crippen molar-refractivity contribution in [3.05, 3.63) is 60.8 Å². The minimum Gasteiger partial charge on any atom is -0.387 e. The molecule has 0 aliphatic carbocycles. The molecule has 0 aliphatic heterocycles. The van der Waals surface area contributed by atoms with Gasteiger partial charge in [-0.25, -0.2) is 4.57 Å². The van der Waals surface area contributed by atoms with Crippen LogP contribution in [0, 0.1) is 0 Å². The van der Waals surface area contributed by atoms with Gasteiger partial charge in [0.05, 0.1) is 39.9 Å². The number of phosphoric ester groups is 1. The summed E-state index contributed by atoms with van der Waals surface area (Å²) in [5.74, 6) is -0.194. The third-order valence-corrected chi connectivity index (χ3v) is 12.7. The average molecular weight is 920 g/mol. The van der Waals surface area contributed by atoms with Crippen molar-refractivity contribution in [3.63, 3.8) is 0 Å². The molecule has 0 fully saturated rings. The number of nitrogens with zero attached hydrogens (tertiary/aromatic N) is 1. The number of carbonyl (C=O) groups excluding carboxylic acids is 1. The van der Waals surface area contributed by atoms with Crippen molar-refractivity contribution in [2.24, 2.45) is 0 Å². The second kappa shape index (κ2) is 46.3. The lowest BCUT2D eigenvalue weighted by Gasteiger charge is -2.25. The Balaban J connectivity index is 4.35. The number of unbranched alkanes of at least 4 members (excludes halogenated alkanes) is 27. The minimum atomic E-state index is -4.36. The third-order valence-electron chi connectivity index (χ3n) is 11.7. The topological polar surface area (TPSA) is 105 Å². The van der Waals surface area contributed by atoms with Crippen molar-refractivity contribution >= 4 is 13.7 Å². The lowest BCUT2D eigenvalue weighted by molar-refractivity contribution is -0.870. The van der Waals surface area contributed by atoms with Crippen LogP contribution in [-0.4, -0.2) is 73.4 Å². The fraction of sp³-hybridized carbons (Fsp3) is 0.800. The van der Waals surface area contributed by atoms with Crippen LogP contribution in [0.1, 0.15) is 232 Å². The highest BCUT2D eigenvalue weighted by Crippen LogP contribution is 2.43. The first kappa shape index (κ1) is 62.2. The second-order valence-electron chi connectivity index (χ2n) is 19.2. The predicted octanol–water partition coefficient (Wildman–Crippen LogP) is 15.8. The third kappa shape index (κ3) is 48.1. The SMILES string of the molecule is CCCCCCC/C=C\C/C=C\CCCCCCCCCCCCCC(=O)NC(COP(=O)(O)OCC[N+](C)(C)C)C(O)/C=C/CC/C=C/CC/C=C/CCCCCCCCCCC. The van der Waals surface area contributed by atoms with Crippen LogP contribution in [0.5, 0.6) is 0 Å². The summed E-state index contributed by atoms with van der Waals surface area (Å²) in [7, 11) is 1.54. The number of rotatable bonds is 48. The maximum absolute atomic E-state index is 12.9. The molecule has 1 amide bonds. The average Bonchev–Trinajstić information content (AvgIpc) is 3.25. The van der Waals surface area contributed by atoms with Crippen molar-refractivity contribution < 1.29 is 32.9 Å². The van der Waals surface area contributed by atoms with Gasteiger partial charge in [-0.2, -0.15) is 0 Å². The normalized spacial score (nSPS) is 14.5. The molecule has 0 spiro atoms. The van der Waals surface area contributed by atoms with E-state index in [1.54, 1.807) is 6.08 Å². The Kier molecular flexibility index (Phi) is 45.0. The van der Waals surface area contributed by atoms with Crippen LogP contribution in [0.4, 0.5) is 0 Å². The number of nitrogens with one attached hydrogen (secondary N) is 1. The molecule has 0 bridgehead atoms. The van der Waals surface area contributed by atoms with E-state index >= 15 is 0 Å². The molecular formula is C55H104N2O6P+. The Morgan fingerprint density at radius 2 is 0.906 bits per heavy atom. The quantitative estimate of drug-likeness (QED) is 0.0243. The molecule has 3 unspecified atom stereocenters. The number of quaternary nitrogens is 1. The monoisotopic (exact) mass is 920 g/mol. The van der Waals surface area contributed by atoms with E-state index in [2.05, 4.69) is 67.8 Å². The maximum Gasteiger partial charge on any atom is 0.472 e. The molecule has 374 valence electrons. The van der Waals surface area contributed by atoms with Crippen LogP contribution in [0.25, 0.3) is 0 Å². The highest BCUT2D eigenvalue weighted by atomic mass is 31.2. The minimum absolute atomic E-state index is 0.0515. The Bertz CT molecular complexity index is 1230. The van der Waals surface area contributed by atoms with Crippen LogP contribution >= 0.6 is 7.82 Å². The van der Waals surface area contributed by atoms with Crippen molar-refractivity contribution in [3.8, 4) is 0 Å². The summed E-state index contributed by atoms with van der Waals surface area (Å²) < 4.78 is 23.6. The van der Waals surface area contributed by atoms with Crippen LogP contribution in [0.2, 0.25) is 0 Å². The fourth-order valence-electron chi connectivity index (χ4n) is 7.46. The van der Waals surface area contributed by atoms with Gasteiger partial charge in [-0.3, -0.25) is 13.8 Å². The first-order valence-corrected chi connectivity index (χ1v) is 28.2. The molecule has 0 aromatic heterocycles. The van der Waals surface area contributed by atoms with E-state index in [9.17, 15) is 19.4 Å². The van der Waals surface area contributed by atoms with Crippen LogP contribution in [0.3, 0.4) is 0 Å². The standard InChI is InChI=1S/C55H103N2O6P/c1-6-8-10-12-14-16-18-20-22-24-26-27-28-29-31-33-35-37-39-41-43-45-47-49-55(59)56-53(52-63-64(60,61)62-51-50-57(3,4)5)54(58)48-46-44-42-40-38-36-34-32-30-25-23-21-19-17-15-13-11-9-7-2/h18,20,24,26,30,32,38,40,46,48,53-54,58H,6-17,19,21-23,25,27-29,31,33-37,39,41-45,47,49-52H2,1-5H3,(H-,56,59,60,61)/p+1/b20-18-,26-24-,32-30+,40-38+,48-46+. The molecule has 8 nitrogen and oxygen atoms in total. The van der Waals surface area contributed by atoms with Crippen molar-refractivity contribution in [2.75, 3.05) is 40.9 Å². The van der Waals surface area contributed by atoms with Gasteiger partial charge >= 0.3 is 7.82 Å². The van der Waals surface area contributed by atoms with Gasteiger partial charge in [0.15, 0.2) is 0 Å². The molecule has 0 aliphatic rings. The summed E-state index contributed by atoms with van der Waals surface area (Å²) in [6, 6.07) is -0.873. The molecule has 3 atom stereocenters. The van der Waals surface area contributed by atoms with Crippen LogP contribution < -0.4 is 5.32 Å². The van der Waals surface area contributed by atoms with Crippen molar-refractivity contribution in [1.82, 2.24) is 5.32 Å². The van der Waals surface area contributed by atoms with Gasteiger partial charge in [0.1, 0.15) is 13.2 Å². The van der Waals surface area contributed by atoms with Crippen molar-refractivity contribution in [2.45, 2.75) is 244 Å². The Hall–Kier alpha value is -1.80. The molecule has 64 heavy (non-hydrogen) atoms. The van der Waals surface area contributed by atoms with E-state index < -0.39 is 20.0 Å². The molecule has 0 rings (SSSR count). The van der Waals surface area contributed by atoms with Gasteiger partial charge in [-0.15, -0.1) is 0 Å². The summed E-state index contributed by atoms with van der Waals surface area (Å²) in [4.78, 5) is 23.2. The molecule has 0 aromatic rings. The van der Waals surface area contributed by atoms with E-state index in [1.165, 1.54) is 161 Å². The number of carbonyl (C=O) groups is 1. The summed E-state index contributed by atoms with van der Waals surface area (Å²) in [5.41, 5.74) is 0. The number of hydrogen-bond donors (Lipinski definition) is 3. The summed E-state index contributed by atoms with van der Waals surface area (Å²) in [6.45, 7) is 4.78. The van der Waals surface area contributed by atoms with E-state index in [-0.39, 0.29) is 19.1 Å². The Labute approximate surface area is 396 Å². The predicted molar refractivity (Wildman–Crippen MR) is 277 cm³/mol. The molecule has 0 saturated carbocycles. The number of phosphoric acid groups is 1. The van der Waals surface area contributed by atoms with E-state index in [1.807, 2.05) is 27.2 Å². The zero-order chi connectivity index (χ0) is 47.1. The van der Waals surface area contributed by atoms with Gasteiger partial charge in [-0.05, 0) is 77.0 Å². The largest absolute Gasteiger partial charge is 0.472 e. The lowest BCUT2D eigenvalue weighted by Crippen LogP contribution is -2.45. The van der Waals surface area contributed by atoms with Gasteiger partial charge < -0.3 is 19.8 Å². The van der Waals surface area contributed by atoms with Gasteiger partial charge in [0, 0.05) is 6.42 Å². The highest BCUT2D eigenvalue weighted by molar-refractivity contribution is 7.47. The zero-order valence-electron chi connectivity index (χ0n) is 42.5. The van der Waals surface area contributed by atoms with Gasteiger partial charge in [0.2, 0.25) is 5.91 Å². The van der Waals surface area contributed by atoms with E-state index in [0.29, 0.717) is 17.4 Å². The van der Waals surface area contributed by atoms with Crippen LogP contribution in [0.15, 0.2) is 60.8 Å². The molecule has 9 heteroatoms. The number of allylic oxidation sites excluding steroid dienone is 9. The molecule has 0 saturated heterocycles. The molecule has 0 radical (unpaired) electrons. The number of aliphatic hydroxyl groups is 1. The molecule has 3 N–H and O–H groups in total. The smallest absolute Gasteiger partial charge is 0.387 e. The maximum atomic E-state index is 12.9. The molecular weight excluding hydrogens is 816 g/mol. The fourth-order valence-corrected chi connectivity index (χ4v) is 8.19. The number of aliphatic hydroxyl groups excluding tert-OH is 1. The first-order chi connectivity index (χ1) is 31.0. The van der Waals surface area contributed by atoms with Crippen LogP contribution in [-0.2, 0) is 18.4 Å². The Morgan fingerprint density at radius 3 is 1.34 bits per heavy atom. The van der Waals surface area contributed by atoms with Gasteiger partial charge in [-0.1, -0.05) is 209 Å².